The molecule has 7 heteroatoms. The minimum absolute atomic E-state index is 0.150. The monoisotopic (exact) mass is 355 g/mol. The molecule has 2 heterocycles. The molecule has 24 heavy (non-hydrogen) atoms. The van der Waals surface area contributed by atoms with Crippen LogP contribution in [0.4, 0.5) is 18.2 Å². The number of rotatable bonds is 6. The lowest BCUT2D eigenvalue weighted by atomic mass is 10.2. The Hall–Kier alpha value is -1.86. The van der Waals surface area contributed by atoms with Crippen molar-refractivity contribution >= 4 is 32.8 Å². The molecule has 0 amide bonds. The molecule has 0 saturated carbocycles. The molecule has 0 radical (unpaired) electrons. The summed E-state index contributed by atoms with van der Waals surface area (Å²) in [4.78, 5) is 4.21. The quantitative estimate of drug-likeness (QED) is 0.473. The average Bonchev–Trinajstić information content (AvgIpc) is 3.13. The number of fused-ring (bicyclic) bond motifs is 1. The minimum Gasteiger partial charge on any atom is -0.404 e. The fourth-order valence-electron chi connectivity index (χ4n) is 2.78. The summed E-state index contributed by atoms with van der Waals surface area (Å²) in [6.07, 6.45) is 4.10. The zero-order valence-electron chi connectivity index (χ0n) is 13.2. The number of alkyl halides is 3. The molecule has 0 fully saturated rings. The molecule has 0 spiro atoms. The smallest absolute Gasteiger partial charge is 0.404 e. The highest BCUT2D eigenvalue weighted by molar-refractivity contribution is 7.23. The standard InChI is InChI=1S/C17H18F3N2OS/c1-2-3-4-9-22(10-8-21-12-22)15-11-13-6-5-7-14(16(13)24-15)23-17(18,19)20/h5-8,10-12H,2-4,9H2,1H3/q+1. The topological polar surface area (TPSA) is 21.6 Å². The van der Waals surface area contributed by atoms with E-state index in [-0.39, 0.29) is 5.75 Å². The fraction of sp³-hybridized carbons (Fsp3) is 0.353. The normalized spacial score (nSPS) is 20.2. The van der Waals surface area contributed by atoms with Crippen LogP contribution < -0.4 is 9.22 Å². The van der Waals surface area contributed by atoms with Crippen molar-refractivity contribution in [1.29, 1.82) is 0 Å². The van der Waals surface area contributed by atoms with E-state index in [1.807, 2.05) is 18.6 Å². The third kappa shape index (κ3) is 3.47. The second-order valence-corrected chi connectivity index (χ2v) is 6.76. The summed E-state index contributed by atoms with van der Waals surface area (Å²) < 4.78 is 42.9. The van der Waals surface area contributed by atoms with Gasteiger partial charge in [0.2, 0.25) is 6.34 Å². The van der Waals surface area contributed by atoms with Crippen LogP contribution in [0.2, 0.25) is 0 Å². The van der Waals surface area contributed by atoms with Crippen molar-refractivity contribution in [1.82, 2.24) is 4.48 Å². The predicted octanol–water partition coefficient (Wildman–Crippen LogP) is 5.81. The van der Waals surface area contributed by atoms with Crippen LogP contribution in [0, 0.1) is 0 Å². The van der Waals surface area contributed by atoms with Crippen LogP contribution in [-0.4, -0.2) is 19.2 Å². The predicted molar refractivity (Wildman–Crippen MR) is 92.3 cm³/mol. The molecule has 3 rings (SSSR count). The maximum Gasteiger partial charge on any atom is 0.573 e. The summed E-state index contributed by atoms with van der Waals surface area (Å²) in [6, 6.07) is 6.66. The zero-order valence-corrected chi connectivity index (χ0v) is 14.0. The van der Waals surface area contributed by atoms with Gasteiger partial charge in [-0.1, -0.05) is 36.8 Å². The molecule has 3 nitrogen and oxygen atoms in total. The molecule has 128 valence electrons. The highest BCUT2D eigenvalue weighted by Crippen LogP contribution is 2.42. The number of hydrogen-bond donors (Lipinski definition) is 0. The van der Waals surface area contributed by atoms with Gasteiger partial charge in [0, 0.05) is 11.5 Å². The van der Waals surface area contributed by atoms with Crippen molar-refractivity contribution in [2.75, 3.05) is 6.54 Å². The van der Waals surface area contributed by atoms with Crippen LogP contribution in [-0.2, 0) is 0 Å². The zero-order chi connectivity index (χ0) is 17.2. The van der Waals surface area contributed by atoms with Crippen LogP contribution in [0.15, 0.2) is 41.7 Å². The number of aliphatic imine (C=N–C) groups is 1. The molecule has 1 aliphatic rings. The number of benzene rings is 1. The summed E-state index contributed by atoms with van der Waals surface area (Å²) in [5.41, 5.74) is 0. The van der Waals surface area contributed by atoms with Gasteiger partial charge in [-0.3, -0.25) is 0 Å². The van der Waals surface area contributed by atoms with Gasteiger partial charge in [-0.25, -0.2) is 9.48 Å². The lowest BCUT2D eigenvalue weighted by Crippen LogP contribution is -2.40. The maximum atomic E-state index is 12.6. The van der Waals surface area contributed by atoms with Crippen LogP contribution in [0.25, 0.3) is 10.1 Å². The summed E-state index contributed by atoms with van der Waals surface area (Å²) in [7, 11) is 0. The maximum absolute atomic E-state index is 12.6. The first-order valence-corrected chi connectivity index (χ1v) is 8.63. The van der Waals surface area contributed by atoms with Gasteiger partial charge in [-0.05, 0) is 18.9 Å². The Balaban J connectivity index is 1.99. The van der Waals surface area contributed by atoms with E-state index in [9.17, 15) is 13.2 Å². The molecule has 1 unspecified atom stereocenters. The van der Waals surface area contributed by atoms with Crippen molar-refractivity contribution in [3.05, 3.63) is 36.7 Å². The Bertz CT molecular complexity index is 768. The van der Waals surface area contributed by atoms with Gasteiger partial charge >= 0.3 is 6.36 Å². The van der Waals surface area contributed by atoms with Crippen molar-refractivity contribution in [3.8, 4) is 5.75 Å². The van der Waals surface area contributed by atoms with Gasteiger partial charge in [0.1, 0.15) is 11.9 Å². The first kappa shape index (κ1) is 17.0. The number of ether oxygens (including phenoxy) is 1. The third-order valence-corrected chi connectivity index (χ3v) is 5.26. The number of halogens is 3. The van der Waals surface area contributed by atoms with Crippen molar-refractivity contribution in [3.63, 3.8) is 0 Å². The number of nitrogens with zero attached hydrogens (tertiary/aromatic N) is 2. The van der Waals surface area contributed by atoms with Gasteiger partial charge in [0.25, 0.3) is 0 Å². The van der Waals surface area contributed by atoms with E-state index in [0.29, 0.717) is 9.18 Å². The van der Waals surface area contributed by atoms with Gasteiger partial charge in [0.05, 0.1) is 17.4 Å². The van der Waals surface area contributed by atoms with Crippen LogP contribution in [0.5, 0.6) is 5.75 Å². The molecule has 1 aliphatic heterocycles. The molecule has 0 saturated heterocycles. The van der Waals surface area contributed by atoms with Crippen molar-refractivity contribution in [2.24, 2.45) is 4.99 Å². The third-order valence-electron chi connectivity index (χ3n) is 3.95. The summed E-state index contributed by atoms with van der Waals surface area (Å²) in [6.45, 7) is 2.98. The molecule has 1 atom stereocenters. The number of unbranched alkanes of at least 4 members (excludes halogenated alkanes) is 2. The lowest BCUT2D eigenvalue weighted by molar-refractivity contribution is -0.274. The average molecular weight is 355 g/mol. The summed E-state index contributed by atoms with van der Waals surface area (Å²) in [5.74, 6) is -0.150. The molecule has 0 aliphatic carbocycles. The SMILES string of the molecule is CCCCC[N+]1(c2cc3cccc(OC(F)(F)F)c3s2)C=CN=C1. The van der Waals surface area contributed by atoms with E-state index in [1.165, 1.54) is 17.4 Å². The van der Waals surface area contributed by atoms with Gasteiger partial charge in [-0.2, -0.15) is 0 Å². The Morgan fingerprint density at radius 1 is 1.25 bits per heavy atom. The first-order valence-electron chi connectivity index (χ1n) is 7.82. The number of thiophene rings is 1. The van der Waals surface area contributed by atoms with Gasteiger partial charge in [-0.15, -0.1) is 13.2 Å². The van der Waals surface area contributed by atoms with Crippen LogP contribution in [0.1, 0.15) is 26.2 Å². The summed E-state index contributed by atoms with van der Waals surface area (Å²) >= 11 is 1.32. The van der Waals surface area contributed by atoms with E-state index < -0.39 is 6.36 Å². The van der Waals surface area contributed by atoms with Crippen molar-refractivity contribution < 1.29 is 17.9 Å². The highest BCUT2D eigenvalue weighted by atomic mass is 32.1. The number of hydrogen-bond acceptors (Lipinski definition) is 3. The van der Waals surface area contributed by atoms with E-state index >= 15 is 0 Å². The Morgan fingerprint density at radius 2 is 2.08 bits per heavy atom. The molecule has 1 aromatic carbocycles. The minimum atomic E-state index is -4.69. The molecule has 0 bridgehead atoms. The summed E-state index contributed by atoms with van der Waals surface area (Å²) in [5, 5.41) is 1.69. The van der Waals surface area contributed by atoms with Gasteiger partial charge in [0.15, 0.2) is 5.00 Å². The van der Waals surface area contributed by atoms with E-state index in [1.54, 1.807) is 18.3 Å². The highest BCUT2D eigenvalue weighted by Gasteiger charge is 2.34. The van der Waals surface area contributed by atoms with E-state index in [4.69, 9.17) is 0 Å². The van der Waals surface area contributed by atoms with Crippen molar-refractivity contribution in [2.45, 2.75) is 32.5 Å². The van der Waals surface area contributed by atoms with Gasteiger partial charge < -0.3 is 4.74 Å². The largest absolute Gasteiger partial charge is 0.573 e. The van der Waals surface area contributed by atoms with Crippen LogP contribution in [0.3, 0.4) is 0 Å². The Morgan fingerprint density at radius 3 is 2.75 bits per heavy atom. The number of quaternary nitrogens is 1. The Labute approximate surface area is 142 Å². The van der Waals surface area contributed by atoms with E-state index in [0.717, 1.165) is 36.2 Å². The fourth-order valence-corrected chi connectivity index (χ4v) is 4.00. The molecule has 0 N–H and O–H groups in total. The van der Waals surface area contributed by atoms with Crippen LogP contribution >= 0.6 is 11.3 Å². The second-order valence-electron chi connectivity index (χ2n) is 5.73. The lowest BCUT2D eigenvalue weighted by Gasteiger charge is -2.24. The molecule has 1 aromatic heterocycles. The first-order chi connectivity index (χ1) is 11.4. The second kappa shape index (κ2) is 6.57. The molecular weight excluding hydrogens is 337 g/mol. The van der Waals surface area contributed by atoms with E-state index in [2.05, 4.69) is 16.7 Å². The molecule has 2 aromatic rings. The molecular formula is C17H18F3N2OS+. The Kier molecular flexibility index (Phi) is 4.64.